The highest BCUT2D eigenvalue weighted by Crippen LogP contribution is 2.31. The first-order valence-electron chi connectivity index (χ1n) is 5.71. The maximum Gasteiger partial charge on any atom is 0.123 e. The van der Waals surface area contributed by atoms with Gasteiger partial charge < -0.3 is 5.73 Å². The van der Waals surface area contributed by atoms with E-state index in [2.05, 4.69) is 0 Å². The van der Waals surface area contributed by atoms with Gasteiger partial charge in [0.25, 0.3) is 0 Å². The molecule has 2 heteroatoms. The number of benzene rings is 1. The number of halogens is 1. The van der Waals surface area contributed by atoms with Gasteiger partial charge in [0, 0.05) is 5.54 Å². The molecule has 1 saturated carbocycles. The molecule has 1 aromatic rings. The molecular formula is C13H18FN. The van der Waals surface area contributed by atoms with Gasteiger partial charge in [-0.1, -0.05) is 25.0 Å². The van der Waals surface area contributed by atoms with Crippen LogP contribution in [0.2, 0.25) is 0 Å². The summed E-state index contributed by atoms with van der Waals surface area (Å²) in [5.74, 6) is -0.148. The topological polar surface area (TPSA) is 26.0 Å². The second-order valence-corrected chi connectivity index (χ2v) is 4.70. The number of aryl methyl sites for hydroxylation is 1. The predicted molar refractivity (Wildman–Crippen MR) is 60.1 cm³/mol. The first-order chi connectivity index (χ1) is 7.18. The Labute approximate surface area is 90.5 Å². The number of hydrogen-bond acceptors (Lipinski definition) is 1. The third-order valence-corrected chi connectivity index (χ3v) is 3.40. The van der Waals surface area contributed by atoms with Crippen molar-refractivity contribution in [2.45, 2.75) is 44.1 Å². The Balaban J connectivity index is 1.92. The minimum Gasteiger partial charge on any atom is -0.325 e. The van der Waals surface area contributed by atoms with Crippen LogP contribution in [0.15, 0.2) is 24.3 Å². The Bertz CT molecular complexity index is 329. The molecule has 0 amide bonds. The van der Waals surface area contributed by atoms with Gasteiger partial charge in [0.05, 0.1) is 0 Å². The van der Waals surface area contributed by atoms with Crippen LogP contribution in [0, 0.1) is 5.82 Å². The van der Waals surface area contributed by atoms with Crippen LogP contribution in [0.4, 0.5) is 4.39 Å². The summed E-state index contributed by atoms with van der Waals surface area (Å²) in [5.41, 5.74) is 7.33. The molecule has 0 spiro atoms. The standard InChI is InChI=1S/C13H18FN/c14-12-5-3-4-11(10-12)6-9-13(15)7-1-2-8-13/h3-5,10H,1-2,6-9,15H2. The highest BCUT2D eigenvalue weighted by molar-refractivity contribution is 5.17. The van der Waals surface area contributed by atoms with Crippen molar-refractivity contribution in [3.63, 3.8) is 0 Å². The molecule has 0 bridgehead atoms. The lowest BCUT2D eigenvalue weighted by Crippen LogP contribution is -2.36. The fraction of sp³-hybridized carbons (Fsp3) is 0.538. The van der Waals surface area contributed by atoms with Gasteiger partial charge in [-0.25, -0.2) is 4.39 Å². The van der Waals surface area contributed by atoms with Crippen molar-refractivity contribution in [1.82, 2.24) is 0 Å². The van der Waals surface area contributed by atoms with Crippen LogP contribution >= 0.6 is 0 Å². The molecular weight excluding hydrogens is 189 g/mol. The zero-order chi connectivity index (χ0) is 10.7. The van der Waals surface area contributed by atoms with E-state index in [0.29, 0.717) is 0 Å². The minimum atomic E-state index is -0.148. The van der Waals surface area contributed by atoms with Crippen molar-refractivity contribution < 1.29 is 4.39 Å². The summed E-state index contributed by atoms with van der Waals surface area (Å²) in [6.45, 7) is 0. The maximum atomic E-state index is 12.9. The molecule has 2 rings (SSSR count). The zero-order valence-electron chi connectivity index (χ0n) is 9.01. The molecule has 2 N–H and O–H groups in total. The van der Waals surface area contributed by atoms with Crippen LogP contribution in [0.25, 0.3) is 0 Å². The molecule has 1 aliphatic rings. The van der Waals surface area contributed by atoms with Gasteiger partial charge in [0.2, 0.25) is 0 Å². The monoisotopic (exact) mass is 207 g/mol. The summed E-state index contributed by atoms with van der Waals surface area (Å²) >= 11 is 0. The van der Waals surface area contributed by atoms with E-state index in [1.54, 1.807) is 12.1 Å². The van der Waals surface area contributed by atoms with E-state index < -0.39 is 0 Å². The SMILES string of the molecule is NC1(CCc2cccc(F)c2)CCCC1. The van der Waals surface area contributed by atoms with Crippen LogP contribution in [0.3, 0.4) is 0 Å². The first-order valence-corrected chi connectivity index (χ1v) is 5.71. The molecule has 15 heavy (non-hydrogen) atoms. The molecule has 82 valence electrons. The lowest BCUT2D eigenvalue weighted by molar-refractivity contribution is 0.405. The van der Waals surface area contributed by atoms with Crippen LogP contribution in [0.1, 0.15) is 37.7 Å². The molecule has 0 atom stereocenters. The lowest BCUT2D eigenvalue weighted by atomic mass is 9.91. The summed E-state index contributed by atoms with van der Waals surface area (Å²) in [5, 5.41) is 0. The van der Waals surface area contributed by atoms with Crippen molar-refractivity contribution in [3.05, 3.63) is 35.6 Å². The second-order valence-electron chi connectivity index (χ2n) is 4.70. The van der Waals surface area contributed by atoms with Crippen LogP contribution in [-0.4, -0.2) is 5.54 Å². The van der Waals surface area contributed by atoms with Gasteiger partial charge in [0.1, 0.15) is 5.82 Å². The van der Waals surface area contributed by atoms with E-state index in [0.717, 1.165) is 31.2 Å². The normalized spacial score (nSPS) is 19.3. The third-order valence-electron chi connectivity index (χ3n) is 3.40. The number of hydrogen-bond donors (Lipinski definition) is 1. The Morgan fingerprint density at radius 1 is 1.27 bits per heavy atom. The highest BCUT2D eigenvalue weighted by Gasteiger charge is 2.28. The van der Waals surface area contributed by atoms with E-state index in [1.807, 2.05) is 6.07 Å². The van der Waals surface area contributed by atoms with Crippen molar-refractivity contribution in [2.24, 2.45) is 5.73 Å². The Morgan fingerprint density at radius 2 is 2.00 bits per heavy atom. The van der Waals surface area contributed by atoms with Crippen molar-refractivity contribution in [2.75, 3.05) is 0 Å². The molecule has 1 fully saturated rings. The Hall–Kier alpha value is -0.890. The highest BCUT2D eigenvalue weighted by atomic mass is 19.1. The molecule has 1 aliphatic carbocycles. The smallest absolute Gasteiger partial charge is 0.123 e. The quantitative estimate of drug-likeness (QED) is 0.810. The van der Waals surface area contributed by atoms with E-state index in [1.165, 1.54) is 18.9 Å². The third kappa shape index (κ3) is 2.78. The Kier molecular flexibility index (Phi) is 3.06. The van der Waals surface area contributed by atoms with Gasteiger partial charge in [-0.15, -0.1) is 0 Å². The minimum absolute atomic E-state index is 0.0202. The molecule has 1 aromatic carbocycles. The summed E-state index contributed by atoms with van der Waals surface area (Å²) in [7, 11) is 0. The zero-order valence-corrected chi connectivity index (χ0v) is 9.01. The number of nitrogens with two attached hydrogens (primary N) is 1. The summed E-state index contributed by atoms with van der Waals surface area (Å²) in [6, 6.07) is 6.83. The van der Waals surface area contributed by atoms with Crippen molar-refractivity contribution >= 4 is 0 Å². The molecule has 0 unspecified atom stereocenters. The second kappa shape index (κ2) is 4.31. The molecule has 0 aromatic heterocycles. The first kappa shape index (κ1) is 10.6. The fourth-order valence-corrected chi connectivity index (χ4v) is 2.41. The maximum absolute atomic E-state index is 12.9. The van der Waals surface area contributed by atoms with E-state index in [4.69, 9.17) is 5.73 Å². The largest absolute Gasteiger partial charge is 0.325 e. The van der Waals surface area contributed by atoms with Gasteiger partial charge in [-0.2, -0.15) is 0 Å². The van der Waals surface area contributed by atoms with Crippen molar-refractivity contribution in [1.29, 1.82) is 0 Å². The van der Waals surface area contributed by atoms with Gasteiger partial charge in [-0.05, 0) is 43.4 Å². The van der Waals surface area contributed by atoms with Crippen LogP contribution in [-0.2, 0) is 6.42 Å². The van der Waals surface area contributed by atoms with Gasteiger partial charge in [0.15, 0.2) is 0 Å². The van der Waals surface area contributed by atoms with Gasteiger partial charge >= 0.3 is 0 Å². The average Bonchev–Trinajstić information content (AvgIpc) is 2.63. The molecule has 0 heterocycles. The van der Waals surface area contributed by atoms with Crippen LogP contribution < -0.4 is 5.73 Å². The number of rotatable bonds is 3. The molecule has 0 saturated heterocycles. The molecule has 0 aliphatic heterocycles. The lowest BCUT2D eigenvalue weighted by Gasteiger charge is -2.23. The van der Waals surface area contributed by atoms with E-state index >= 15 is 0 Å². The summed E-state index contributed by atoms with van der Waals surface area (Å²) in [6.07, 6.45) is 6.63. The van der Waals surface area contributed by atoms with Gasteiger partial charge in [-0.3, -0.25) is 0 Å². The van der Waals surface area contributed by atoms with E-state index in [9.17, 15) is 4.39 Å². The molecule has 1 nitrogen and oxygen atoms in total. The fourth-order valence-electron chi connectivity index (χ4n) is 2.41. The van der Waals surface area contributed by atoms with E-state index in [-0.39, 0.29) is 11.4 Å². The summed E-state index contributed by atoms with van der Waals surface area (Å²) in [4.78, 5) is 0. The van der Waals surface area contributed by atoms with Crippen molar-refractivity contribution in [3.8, 4) is 0 Å². The average molecular weight is 207 g/mol. The summed E-state index contributed by atoms with van der Waals surface area (Å²) < 4.78 is 12.9. The molecule has 0 radical (unpaired) electrons. The predicted octanol–water partition coefficient (Wildman–Crippen LogP) is 3.03. The van der Waals surface area contributed by atoms with Crippen LogP contribution in [0.5, 0.6) is 0 Å². The Morgan fingerprint density at radius 3 is 2.67 bits per heavy atom.